The number of carbonyl (C=O) groups is 5. The molecule has 4 bridgehead atoms. The molecule has 456 valence electrons. The summed E-state index contributed by atoms with van der Waals surface area (Å²) in [7, 11) is 0. The summed E-state index contributed by atoms with van der Waals surface area (Å²) < 4.78 is 64.6. The number of carbonyl (C=O) groups excluding carboxylic acids is 5. The number of esters is 5. The lowest BCUT2D eigenvalue weighted by Crippen LogP contribution is -2.36. The molecule has 2 saturated heterocycles. The summed E-state index contributed by atoms with van der Waals surface area (Å²) in [5, 5.41) is 10.9. The molecule has 8 aliphatic heterocycles. The van der Waals surface area contributed by atoms with E-state index in [1.165, 1.54) is 44.1 Å². The fourth-order valence-corrected chi connectivity index (χ4v) is 11.8. The van der Waals surface area contributed by atoms with Crippen LogP contribution in [-0.2, 0) is 76.1 Å². The molecule has 0 amide bonds. The normalized spacial score (nSPS) is 36.3. The number of hydrogen-bond acceptors (Lipinski definition) is 17. The smallest absolute Gasteiger partial charge is 0.330 e. The zero-order valence-corrected chi connectivity index (χ0v) is 49.7. The van der Waals surface area contributed by atoms with Crippen LogP contribution in [0.2, 0.25) is 0 Å². The maximum atomic E-state index is 13.0. The second-order valence-electron chi connectivity index (χ2n) is 23.8. The van der Waals surface area contributed by atoms with Crippen molar-refractivity contribution in [3.63, 3.8) is 0 Å². The van der Waals surface area contributed by atoms with E-state index in [4.69, 9.17) is 52.1 Å². The lowest BCUT2D eigenvalue weighted by molar-refractivity contribution is -0.160. The molecule has 0 aromatic heterocycles. The Balaban J connectivity index is 0.000000239. The van der Waals surface area contributed by atoms with Gasteiger partial charge in [-0.3, -0.25) is 14.4 Å². The molecule has 8 heterocycles. The zero-order valence-electron chi connectivity index (χ0n) is 49.7. The highest BCUT2D eigenvalue weighted by atomic mass is 16.6. The van der Waals surface area contributed by atoms with Crippen LogP contribution in [0.3, 0.4) is 0 Å². The predicted octanol–water partition coefficient (Wildman–Crippen LogP) is 9.92. The number of ether oxygens (including phenoxy) is 11. The topological polar surface area (TPSA) is 214 Å². The first-order valence-corrected chi connectivity index (χ1v) is 29.8. The Morgan fingerprint density at radius 1 is 0.590 bits per heavy atom. The highest BCUT2D eigenvalue weighted by molar-refractivity contribution is 5.82. The van der Waals surface area contributed by atoms with Gasteiger partial charge in [0.25, 0.3) is 0 Å². The van der Waals surface area contributed by atoms with Crippen LogP contribution in [0, 0.1) is 11.8 Å². The minimum atomic E-state index is -0.867. The Hall–Kier alpha value is -5.53. The van der Waals surface area contributed by atoms with E-state index >= 15 is 0 Å². The van der Waals surface area contributed by atoms with Crippen molar-refractivity contribution < 1.29 is 81.2 Å². The highest BCUT2D eigenvalue weighted by Crippen LogP contribution is 2.38. The molecule has 0 unspecified atom stereocenters. The van der Waals surface area contributed by atoms with Crippen LogP contribution in [-0.4, -0.2) is 146 Å². The summed E-state index contributed by atoms with van der Waals surface area (Å²) in [4.78, 5) is 62.1. The molecule has 2 fully saturated rings. The Kier molecular flexibility index (Phi) is 25.2. The van der Waals surface area contributed by atoms with Gasteiger partial charge in [-0.25, -0.2) is 9.59 Å². The lowest BCUT2D eigenvalue weighted by atomic mass is 9.90. The second kappa shape index (κ2) is 32.1. The lowest BCUT2D eigenvalue weighted by Gasteiger charge is -2.28. The number of aliphatic hydroxyl groups excluding tert-OH is 1. The first-order valence-electron chi connectivity index (χ1n) is 29.8. The summed E-state index contributed by atoms with van der Waals surface area (Å²) >= 11 is 0. The standard InChI is InChI=1S/C34H46O9.C32H44O8/c1-21-14-15-38-27(17-21)12-13-29(39-24(4)35)30-20-32-34(43-32)31(40-25(5)36)19-23(3)16-22(2)18-28-10-6-8-26(41-28)9-7-11-33(37)42-30;1-20-13-14-36-25(16-20)11-12-28(37-23(4)33)29-19-30-32(40-30)27(34)18-22(3)15-21(2)17-26-9-5-7-24(38-26)8-6-10-31(35)39-29/h6-8,11-14,22,26-32,34H,3,9-10,15-20H2,1-2,4-5H3;5-7,10-13,21,24-30,32,34H,3,8-9,14-19H2,1-2,4H3/b11-7-,13-12+;10-6-,12-11+/t22-,26-,27+,28-,29-,30-,31-,32-,34-;21-,24-,25+,26-,27-,28-,29-,30-,32-/m00/s1. The van der Waals surface area contributed by atoms with Gasteiger partial charge in [-0.1, -0.05) is 110 Å². The summed E-state index contributed by atoms with van der Waals surface area (Å²) in [6, 6.07) is 0. The van der Waals surface area contributed by atoms with Gasteiger partial charge in [-0.2, -0.15) is 0 Å². The summed E-state index contributed by atoms with van der Waals surface area (Å²) in [6.07, 6.45) is 28.4. The third kappa shape index (κ3) is 22.8. The van der Waals surface area contributed by atoms with Crippen molar-refractivity contribution in [1.82, 2.24) is 0 Å². The SMILES string of the molecule is C=C1C[C@H](C)C[C@@H]2CC=C[C@@H](C/C=C\C(=O)O[C@H]([C@H](/C=C/[C@@H]3CC(C)=CCO3)OC(C)=O)C[C@@H]3O[C@H]3[C@@H](O)C1)O2.C=C1C[C@H](C)C[C@@H]2CC=C[C@@H](C/C=C\C(=O)O[C@H]([C@H](/C=C/[C@@H]3CC(C)=CCO3)OC(C)=O)C[C@@H]3O[C@H]3[C@@H](OC(C)=O)C1)O2. The molecule has 0 radical (unpaired) electrons. The molecule has 17 heteroatoms. The molecule has 0 saturated carbocycles. The maximum Gasteiger partial charge on any atom is 0.330 e. The first-order chi connectivity index (χ1) is 39.7. The van der Waals surface area contributed by atoms with Crippen LogP contribution < -0.4 is 0 Å². The fourth-order valence-electron chi connectivity index (χ4n) is 11.8. The van der Waals surface area contributed by atoms with E-state index in [1.54, 1.807) is 24.3 Å². The van der Waals surface area contributed by atoms with Gasteiger partial charge in [0, 0.05) is 52.2 Å². The molecule has 0 aromatic carbocycles. The van der Waals surface area contributed by atoms with Crippen molar-refractivity contribution in [3.05, 3.63) is 121 Å². The maximum absolute atomic E-state index is 13.0. The van der Waals surface area contributed by atoms with Gasteiger partial charge in [0.15, 0.2) is 12.2 Å². The molecule has 0 spiro atoms. The molecular formula is C66H90O17. The van der Waals surface area contributed by atoms with Crippen molar-refractivity contribution in [3.8, 4) is 0 Å². The Morgan fingerprint density at radius 3 is 1.51 bits per heavy atom. The number of epoxide rings is 2. The summed E-state index contributed by atoms with van der Waals surface area (Å²) in [6.45, 7) is 22.0. The average Bonchev–Trinajstić information content (AvgIpc) is 4.01. The fraction of sp³-hybridized carbons (Fsp3) is 0.621. The van der Waals surface area contributed by atoms with E-state index in [-0.39, 0.29) is 61.7 Å². The highest BCUT2D eigenvalue weighted by Gasteiger charge is 2.50. The Labute approximate surface area is 490 Å². The molecule has 18 atom stereocenters. The number of cyclic esters (lactones) is 2. The third-order valence-electron chi connectivity index (χ3n) is 15.7. The van der Waals surface area contributed by atoms with E-state index in [9.17, 15) is 29.1 Å². The number of hydrogen-bond donors (Lipinski definition) is 1. The van der Waals surface area contributed by atoms with E-state index in [0.717, 1.165) is 62.5 Å². The second-order valence-corrected chi connectivity index (χ2v) is 23.8. The predicted molar refractivity (Wildman–Crippen MR) is 310 cm³/mol. The van der Waals surface area contributed by atoms with Gasteiger partial charge >= 0.3 is 29.8 Å². The van der Waals surface area contributed by atoms with Gasteiger partial charge in [0.05, 0.1) is 68.1 Å². The molecular weight excluding hydrogens is 1060 g/mol. The number of fused-ring (bicyclic) bond motifs is 6. The van der Waals surface area contributed by atoms with E-state index < -0.39 is 78.7 Å². The quantitative estimate of drug-likeness (QED) is 0.0984. The Bertz CT molecular complexity index is 2500. The minimum Gasteiger partial charge on any atom is -0.459 e. The molecule has 0 aliphatic carbocycles. The third-order valence-corrected chi connectivity index (χ3v) is 15.7. The minimum absolute atomic E-state index is 0.0746. The van der Waals surface area contributed by atoms with Crippen molar-refractivity contribution in [2.45, 2.75) is 236 Å². The molecule has 83 heavy (non-hydrogen) atoms. The van der Waals surface area contributed by atoms with Gasteiger partial charge in [0.2, 0.25) is 0 Å². The van der Waals surface area contributed by atoms with Crippen LogP contribution in [0.5, 0.6) is 0 Å². The van der Waals surface area contributed by atoms with Crippen LogP contribution in [0.25, 0.3) is 0 Å². The largest absolute Gasteiger partial charge is 0.459 e. The Morgan fingerprint density at radius 2 is 1.05 bits per heavy atom. The molecule has 8 rings (SSSR count). The van der Waals surface area contributed by atoms with Gasteiger partial charge < -0.3 is 57.2 Å². The van der Waals surface area contributed by atoms with Crippen LogP contribution in [0.15, 0.2) is 121 Å². The first kappa shape index (κ1) is 65.0. The van der Waals surface area contributed by atoms with Gasteiger partial charge in [0.1, 0.15) is 30.5 Å². The van der Waals surface area contributed by atoms with E-state index in [0.29, 0.717) is 50.7 Å². The number of aliphatic hydroxyl groups is 1. The molecule has 8 aliphatic rings. The monoisotopic (exact) mass is 1150 g/mol. The van der Waals surface area contributed by atoms with Gasteiger partial charge in [-0.05, 0) is 108 Å². The molecule has 17 nitrogen and oxygen atoms in total. The molecule has 1 N–H and O–H groups in total. The van der Waals surface area contributed by atoms with Crippen molar-refractivity contribution in [2.24, 2.45) is 11.8 Å². The van der Waals surface area contributed by atoms with E-state index in [1.807, 2.05) is 50.3 Å². The van der Waals surface area contributed by atoms with Crippen LogP contribution >= 0.6 is 0 Å². The van der Waals surface area contributed by atoms with E-state index in [2.05, 4.69) is 39.2 Å². The average molecular weight is 1160 g/mol. The van der Waals surface area contributed by atoms with Crippen LogP contribution in [0.4, 0.5) is 0 Å². The van der Waals surface area contributed by atoms with Crippen molar-refractivity contribution >= 4 is 29.8 Å². The van der Waals surface area contributed by atoms with Crippen molar-refractivity contribution in [2.75, 3.05) is 13.2 Å². The van der Waals surface area contributed by atoms with Crippen molar-refractivity contribution in [1.29, 1.82) is 0 Å². The summed E-state index contributed by atoms with van der Waals surface area (Å²) in [5.41, 5.74) is 4.38. The van der Waals surface area contributed by atoms with Crippen LogP contribution in [0.1, 0.15) is 138 Å². The molecule has 0 aromatic rings. The number of rotatable bonds is 9. The summed E-state index contributed by atoms with van der Waals surface area (Å²) in [5.74, 6) is -1.80. The zero-order chi connectivity index (χ0) is 59.6. The van der Waals surface area contributed by atoms with Gasteiger partial charge in [-0.15, -0.1) is 0 Å².